The molecule has 0 saturated carbocycles. The van der Waals surface area contributed by atoms with Gasteiger partial charge in [0.25, 0.3) is 5.91 Å². The van der Waals surface area contributed by atoms with Crippen molar-refractivity contribution >= 4 is 29.4 Å². The van der Waals surface area contributed by atoms with E-state index in [1.165, 1.54) is 12.1 Å². The zero-order chi connectivity index (χ0) is 27.3. The number of nitrogens with one attached hydrogen (secondary N) is 2. The summed E-state index contributed by atoms with van der Waals surface area (Å²) in [7, 11) is 3.93. The molecule has 2 unspecified atom stereocenters. The van der Waals surface area contributed by atoms with Crippen LogP contribution in [0.5, 0.6) is 0 Å². The number of anilines is 1. The summed E-state index contributed by atoms with van der Waals surface area (Å²) in [5.41, 5.74) is 13.4. The highest BCUT2D eigenvalue weighted by Gasteiger charge is 2.43. The number of carbonyl (C=O) groups excluding carboxylic acids is 3. The van der Waals surface area contributed by atoms with E-state index in [0.717, 1.165) is 12.5 Å². The van der Waals surface area contributed by atoms with Crippen LogP contribution in [0.1, 0.15) is 30.6 Å². The van der Waals surface area contributed by atoms with Crippen molar-refractivity contribution in [3.63, 3.8) is 0 Å². The van der Waals surface area contributed by atoms with Gasteiger partial charge in [-0.2, -0.15) is 4.99 Å². The first-order chi connectivity index (χ1) is 17.4. The number of rotatable bonds is 8. The largest absolute Gasteiger partial charge is 0.400 e. The van der Waals surface area contributed by atoms with Gasteiger partial charge in [0.1, 0.15) is 5.84 Å². The summed E-state index contributed by atoms with van der Waals surface area (Å²) in [6.45, 7) is 9.16. The van der Waals surface area contributed by atoms with Crippen LogP contribution in [0.25, 0.3) is 0 Å². The van der Waals surface area contributed by atoms with Crippen LogP contribution in [0, 0.1) is 5.92 Å². The number of likely N-dealkylation sites (N-methyl/N-ethyl adjacent to an activating group) is 1. The predicted molar refractivity (Wildman–Crippen MR) is 143 cm³/mol. The molecule has 1 aromatic rings. The second kappa shape index (κ2) is 11.6. The molecule has 0 aliphatic carbocycles. The molecule has 0 aromatic heterocycles. The summed E-state index contributed by atoms with van der Waals surface area (Å²) >= 11 is 0. The van der Waals surface area contributed by atoms with Crippen molar-refractivity contribution in [2.75, 3.05) is 45.7 Å². The summed E-state index contributed by atoms with van der Waals surface area (Å²) < 4.78 is 5.54. The molecule has 1 aromatic carbocycles. The van der Waals surface area contributed by atoms with Crippen LogP contribution in [0.2, 0.25) is 0 Å². The monoisotopic (exact) mass is 511 g/mol. The van der Waals surface area contributed by atoms with Crippen molar-refractivity contribution in [1.29, 1.82) is 0 Å². The number of nitrogens with two attached hydrogens (primary N) is 2. The van der Waals surface area contributed by atoms with Gasteiger partial charge in [-0.1, -0.05) is 6.58 Å². The minimum absolute atomic E-state index is 0.0380. The molecule has 11 nitrogen and oxygen atoms in total. The molecule has 3 rings (SSSR count). The van der Waals surface area contributed by atoms with Crippen LogP contribution < -0.4 is 22.1 Å². The Kier molecular flexibility index (Phi) is 8.72. The van der Waals surface area contributed by atoms with Crippen molar-refractivity contribution in [3.8, 4) is 0 Å². The highest BCUT2D eigenvalue weighted by molar-refractivity contribution is 6.10. The molecule has 2 aliphatic rings. The summed E-state index contributed by atoms with van der Waals surface area (Å²) in [6.07, 6.45) is 2.04. The van der Waals surface area contributed by atoms with Crippen molar-refractivity contribution in [3.05, 3.63) is 53.8 Å². The van der Waals surface area contributed by atoms with Gasteiger partial charge in [0, 0.05) is 47.6 Å². The quantitative estimate of drug-likeness (QED) is 0.233. The molecular weight excluding hydrogens is 474 g/mol. The number of amidine groups is 1. The molecule has 0 bridgehead atoms. The Morgan fingerprint density at radius 3 is 2.54 bits per heavy atom. The Balaban J connectivity index is 1.73. The average molecular weight is 512 g/mol. The summed E-state index contributed by atoms with van der Waals surface area (Å²) in [5.74, 6) is -0.732. The Labute approximate surface area is 217 Å². The first kappa shape index (κ1) is 27.9. The van der Waals surface area contributed by atoms with Crippen molar-refractivity contribution in [2.45, 2.75) is 31.8 Å². The number of amides is 4. The zero-order valence-corrected chi connectivity index (χ0v) is 21.9. The third-order valence-corrected chi connectivity index (χ3v) is 6.74. The molecule has 6 N–H and O–H groups in total. The lowest BCUT2D eigenvalue weighted by Crippen LogP contribution is -2.56. The fourth-order valence-electron chi connectivity index (χ4n) is 4.44. The number of carbonyl (C=O) groups is 3. The molecule has 2 heterocycles. The van der Waals surface area contributed by atoms with Gasteiger partial charge in [0.05, 0.1) is 18.7 Å². The van der Waals surface area contributed by atoms with Crippen LogP contribution in [-0.2, 0) is 9.53 Å². The maximum Gasteiger partial charge on any atom is 0.318 e. The highest BCUT2D eigenvalue weighted by Crippen LogP contribution is 2.32. The predicted octanol–water partition coefficient (Wildman–Crippen LogP) is 1.29. The number of benzene rings is 1. The number of nitrogens with zero attached hydrogens (tertiary/aromatic N) is 3. The van der Waals surface area contributed by atoms with E-state index in [4.69, 9.17) is 16.2 Å². The lowest BCUT2D eigenvalue weighted by atomic mass is 9.98. The van der Waals surface area contributed by atoms with E-state index < -0.39 is 11.4 Å². The molecule has 4 amide bonds. The maximum absolute atomic E-state index is 13.4. The van der Waals surface area contributed by atoms with E-state index >= 15 is 0 Å². The fourth-order valence-corrected chi connectivity index (χ4v) is 4.44. The second-order valence-corrected chi connectivity index (χ2v) is 10.1. The number of aliphatic imine (C=N–C) groups is 1. The van der Waals surface area contributed by atoms with Crippen LogP contribution in [0.15, 0.2) is 53.2 Å². The van der Waals surface area contributed by atoms with Crippen LogP contribution in [-0.4, -0.2) is 85.5 Å². The van der Waals surface area contributed by atoms with Gasteiger partial charge >= 0.3 is 6.03 Å². The number of hydrogen-bond acceptors (Lipinski definition) is 6. The Morgan fingerprint density at radius 1 is 1.30 bits per heavy atom. The van der Waals surface area contributed by atoms with Gasteiger partial charge in [-0.05, 0) is 64.7 Å². The zero-order valence-electron chi connectivity index (χ0n) is 21.9. The van der Waals surface area contributed by atoms with E-state index in [-0.39, 0.29) is 41.8 Å². The molecular formula is C26H37N7O4. The maximum atomic E-state index is 13.4. The van der Waals surface area contributed by atoms with Crippen molar-refractivity contribution in [2.24, 2.45) is 22.4 Å². The van der Waals surface area contributed by atoms with Gasteiger partial charge in [0.15, 0.2) is 0 Å². The van der Waals surface area contributed by atoms with Crippen molar-refractivity contribution < 1.29 is 19.1 Å². The van der Waals surface area contributed by atoms with Gasteiger partial charge in [-0.25, -0.2) is 4.79 Å². The lowest BCUT2D eigenvalue weighted by Gasteiger charge is -2.35. The third-order valence-electron chi connectivity index (χ3n) is 6.74. The highest BCUT2D eigenvalue weighted by atomic mass is 16.5. The van der Waals surface area contributed by atoms with Gasteiger partial charge in [0.2, 0.25) is 5.91 Å². The number of hydrogen-bond donors (Lipinski definition) is 4. The molecule has 1 fully saturated rings. The molecule has 37 heavy (non-hydrogen) atoms. The first-order valence-electron chi connectivity index (χ1n) is 12.2. The SMILES string of the molecule is C=CC(=O)Nc1ccc(C(=O)N=C(N)C2=C(N)C(C)(C)N(C(=O)NC(CN(C)C)C3CCOC3)C2)cc1. The molecule has 0 spiro atoms. The van der Waals surface area contributed by atoms with Crippen LogP contribution in [0.3, 0.4) is 0 Å². The smallest absolute Gasteiger partial charge is 0.318 e. The second-order valence-electron chi connectivity index (χ2n) is 10.1. The standard InChI is InChI=1S/C26H37N7O4/c1-6-21(34)29-18-9-7-16(8-10-18)24(35)31-23(28)19-13-33(26(2,3)22(19)27)25(36)30-20(14-32(4)5)17-11-12-37-15-17/h6-10,17,20H,1,11-15,27H2,2-5H3,(H,29,34)(H,30,36)(H2,28,31,35). The normalized spacial score (nSPS) is 20.2. The Morgan fingerprint density at radius 2 is 1.97 bits per heavy atom. The lowest BCUT2D eigenvalue weighted by molar-refractivity contribution is -0.111. The summed E-state index contributed by atoms with van der Waals surface area (Å²) in [5, 5.41) is 5.77. The van der Waals surface area contributed by atoms with Crippen LogP contribution in [0.4, 0.5) is 10.5 Å². The van der Waals surface area contributed by atoms with E-state index in [1.807, 2.05) is 32.8 Å². The molecule has 2 aliphatic heterocycles. The molecule has 200 valence electrons. The summed E-state index contributed by atoms with van der Waals surface area (Å²) in [4.78, 5) is 45.2. The first-order valence-corrected chi connectivity index (χ1v) is 12.2. The molecule has 1 saturated heterocycles. The Hall–Kier alpha value is -3.70. The third kappa shape index (κ3) is 6.55. The molecule has 11 heteroatoms. The average Bonchev–Trinajstić information content (AvgIpc) is 3.45. The van der Waals surface area contributed by atoms with Crippen LogP contribution >= 0.6 is 0 Å². The van der Waals surface area contributed by atoms with Gasteiger partial charge in [-0.3, -0.25) is 9.59 Å². The summed E-state index contributed by atoms with van der Waals surface area (Å²) in [6, 6.07) is 5.88. The molecule has 0 radical (unpaired) electrons. The van der Waals surface area contributed by atoms with E-state index in [2.05, 4.69) is 22.2 Å². The topological polar surface area (TPSA) is 155 Å². The van der Waals surface area contributed by atoms with E-state index in [9.17, 15) is 14.4 Å². The Bertz CT molecular complexity index is 1100. The molecule has 2 atom stereocenters. The number of ether oxygens (including phenoxy) is 1. The number of urea groups is 1. The van der Waals surface area contributed by atoms with Gasteiger partial charge < -0.3 is 36.6 Å². The van der Waals surface area contributed by atoms with E-state index in [0.29, 0.717) is 36.7 Å². The van der Waals surface area contributed by atoms with E-state index in [1.54, 1.807) is 17.0 Å². The van der Waals surface area contributed by atoms with Crippen molar-refractivity contribution in [1.82, 2.24) is 15.1 Å². The minimum atomic E-state index is -0.831. The van der Waals surface area contributed by atoms with Gasteiger partial charge in [-0.15, -0.1) is 0 Å². The minimum Gasteiger partial charge on any atom is -0.400 e. The fraction of sp³-hybridized carbons (Fsp3) is 0.462.